The molecule has 4 rings (SSSR count). The molecule has 1 aromatic carbocycles. The highest BCUT2D eigenvalue weighted by Gasteiger charge is 2.28. The number of H-pyrrole nitrogens is 1. The van der Waals surface area contributed by atoms with Crippen LogP contribution in [0.15, 0.2) is 23.4 Å². The van der Waals surface area contributed by atoms with Crippen molar-refractivity contribution in [2.75, 3.05) is 5.32 Å². The van der Waals surface area contributed by atoms with Gasteiger partial charge in [-0.25, -0.2) is 4.98 Å². The van der Waals surface area contributed by atoms with Gasteiger partial charge in [0.2, 0.25) is 11.1 Å². The Hall–Kier alpha value is -1.82. The number of amides is 1. The van der Waals surface area contributed by atoms with Crippen molar-refractivity contribution in [3.8, 4) is 0 Å². The van der Waals surface area contributed by atoms with Crippen LogP contribution in [-0.2, 0) is 17.6 Å². The van der Waals surface area contributed by atoms with Crippen molar-refractivity contribution >= 4 is 23.4 Å². The van der Waals surface area contributed by atoms with Crippen LogP contribution in [0.2, 0.25) is 0 Å². The van der Waals surface area contributed by atoms with E-state index in [1.54, 1.807) is 0 Å². The molecule has 2 aromatic rings. The van der Waals surface area contributed by atoms with Crippen LogP contribution >= 0.6 is 11.8 Å². The van der Waals surface area contributed by atoms with E-state index in [-0.39, 0.29) is 11.2 Å². The van der Waals surface area contributed by atoms with E-state index in [4.69, 9.17) is 0 Å². The molecule has 0 saturated heterocycles. The highest BCUT2D eigenvalue weighted by atomic mass is 32.2. The molecule has 120 valence electrons. The predicted molar refractivity (Wildman–Crippen MR) is 90.8 cm³/mol. The van der Waals surface area contributed by atoms with E-state index >= 15 is 0 Å². The normalized spacial score (nSPS) is 17.8. The smallest absolute Gasteiger partial charge is 0.237 e. The Morgan fingerprint density at radius 1 is 1.35 bits per heavy atom. The van der Waals surface area contributed by atoms with Gasteiger partial charge in [-0.3, -0.25) is 9.89 Å². The first kappa shape index (κ1) is 14.8. The molecule has 2 aliphatic carbocycles. The van der Waals surface area contributed by atoms with Crippen molar-refractivity contribution in [1.82, 2.24) is 15.2 Å². The molecule has 5 nitrogen and oxygen atoms in total. The number of hydrogen-bond acceptors (Lipinski definition) is 4. The fraction of sp³-hybridized carbons (Fsp3) is 0.471. The third kappa shape index (κ3) is 3.27. The van der Waals surface area contributed by atoms with Gasteiger partial charge in [-0.15, -0.1) is 5.10 Å². The van der Waals surface area contributed by atoms with E-state index in [2.05, 4.69) is 32.6 Å². The summed E-state index contributed by atoms with van der Waals surface area (Å²) in [7, 11) is 0. The Morgan fingerprint density at radius 3 is 3.00 bits per heavy atom. The van der Waals surface area contributed by atoms with Crippen LogP contribution < -0.4 is 5.32 Å². The maximum absolute atomic E-state index is 12.4. The first-order valence-electron chi connectivity index (χ1n) is 8.20. The lowest BCUT2D eigenvalue weighted by Crippen LogP contribution is -2.22. The topological polar surface area (TPSA) is 70.7 Å². The Bertz CT molecular complexity index is 738. The van der Waals surface area contributed by atoms with Gasteiger partial charge in [0.15, 0.2) is 0 Å². The molecule has 6 heteroatoms. The summed E-state index contributed by atoms with van der Waals surface area (Å²) in [6.07, 6.45) is 5.86. The molecule has 1 fully saturated rings. The molecular formula is C17H20N4OS. The maximum atomic E-state index is 12.4. The van der Waals surface area contributed by atoms with Crippen molar-refractivity contribution < 1.29 is 4.79 Å². The van der Waals surface area contributed by atoms with Gasteiger partial charge in [0.25, 0.3) is 0 Å². The fourth-order valence-electron chi connectivity index (χ4n) is 2.96. The van der Waals surface area contributed by atoms with Gasteiger partial charge in [-0.1, -0.05) is 17.8 Å². The van der Waals surface area contributed by atoms with Crippen molar-refractivity contribution in [3.05, 3.63) is 35.2 Å². The average Bonchev–Trinajstić information content (AvgIpc) is 3.11. The summed E-state index contributed by atoms with van der Waals surface area (Å²) in [5.74, 6) is 1.50. The molecule has 0 bridgehead atoms. The lowest BCUT2D eigenvalue weighted by Gasteiger charge is -2.11. The molecule has 23 heavy (non-hydrogen) atoms. The number of aryl methyl sites for hydroxylation is 2. The van der Waals surface area contributed by atoms with Gasteiger partial charge in [0, 0.05) is 11.6 Å². The molecule has 0 unspecified atom stereocenters. The van der Waals surface area contributed by atoms with Gasteiger partial charge in [0.05, 0.1) is 5.25 Å². The van der Waals surface area contributed by atoms with E-state index in [9.17, 15) is 4.79 Å². The zero-order chi connectivity index (χ0) is 15.8. The summed E-state index contributed by atoms with van der Waals surface area (Å²) < 4.78 is 0. The van der Waals surface area contributed by atoms with Crippen molar-refractivity contribution in [1.29, 1.82) is 0 Å². The second-order valence-electron chi connectivity index (χ2n) is 6.36. The number of nitrogens with one attached hydrogen (secondary N) is 2. The van der Waals surface area contributed by atoms with Crippen LogP contribution in [0.3, 0.4) is 0 Å². The predicted octanol–water partition coefficient (Wildman–Crippen LogP) is 3.29. The molecule has 0 radical (unpaired) electrons. The molecular weight excluding hydrogens is 308 g/mol. The first-order chi connectivity index (χ1) is 11.2. The van der Waals surface area contributed by atoms with Crippen molar-refractivity contribution in [3.63, 3.8) is 0 Å². The number of thioether (sulfide) groups is 1. The standard InChI is InChI=1S/C17H20N4OS/c1-10(23-17-19-15(20-21-17)12-5-6-12)16(22)18-14-8-7-11-3-2-4-13(11)9-14/h7-10,12H,2-6H2,1H3,(H,18,22)(H,19,20,21)/t10-/m0/s1. The van der Waals surface area contributed by atoms with Crippen molar-refractivity contribution in [2.45, 2.75) is 55.4 Å². The van der Waals surface area contributed by atoms with Gasteiger partial charge >= 0.3 is 0 Å². The summed E-state index contributed by atoms with van der Waals surface area (Å²) >= 11 is 1.40. The maximum Gasteiger partial charge on any atom is 0.237 e. The van der Waals surface area contributed by atoms with E-state index in [1.165, 1.54) is 42.2 Å². The summed E-state index contributed by atoms with van der Waals surface area (Å²) in [4.78, 5) is 16.8. The summed E-state index contributed by atoms with van der Waals surface area (Å²) in [5, 5.41) is 10.6. The number of anilines is 1. The molecule has 1 amide bonds. The number of aromatic amines is 1. The Kier molecular flexibility index (Phi) is 3.85. The number of rotatable bonds is 5. The average molecular weight is 328 g/mol. The van der Waals surface area contributed by atoms with Crippen LogP contribution in [0.5, 0.6) is 0 Å². The Labute approximate surface area is 139 Å². The van der Waals surface area contributed by atoms with Crippen LogP contribution in [0.1, 0.15) is 49.1 Å². The minimum atomic E-state index is -0.230. The quantitative estimate of drug-likeness (QED) is 0.826. The number of aromatic nitrogens is 3. The number of carbonyl (C=O) groups is 1. The molecule has 0 aliphatic heterocycles. The number of nitrogens with zero attached hydrogens (tertiary/aromatic N) is 2. The number of carbonyl (C=O) groups excluding carboxylic acids is 1. The number of benzene rings is 1. The van der Waals surface area contributed by atoms with Crippen LogP contribution in [0.4, 0.5) is 5.69 Å². The van der Waals surface area contributed by atoms with E-state index in [0.29, 0.717) is 11.1 Å². The highest BCUT2D eigenvalue weighted by Crippen LogP contribution is 2.38. The molecule has 2 N–H and O–H groups in total. The molecule has 1 heterocycles. The molecule has 1 atom stereocenters. The zero-order valence-electron chi connectivity index (χ0n) is 13.1. The SMILES string of the molecule is C[C@H](Sc1n[nH]c(C2CC2)n1)C(=O)Nc1ccc2c(c1)CCC2. The van der Waals surface area contributed by atoms with Gasteiger partial charge in [-0.05, 0) is 62.3 Å². The largest absolute Gasteiger partial charge is 0.325 e. The lowest BCUT2D eigenvalue weighted by molar-refractivity contribution is -0.115. The molecule has 1 saturated carbocycles. The summed E-state index contributed by atoms with van der Waals surface area (Å²) in [6, 6.07) is 6.24. The minimum absolute atomic E-state index is 0.00859. The second kappa shape index (κ2) is 6.00. The van der Waals surface area contributed by atoms with Crippen LogP contribution in [-0.4, -0.2) is 26.3 Å². The third-order valence-corrected chi connectivity index (χ3v) is 5.42. The van der Waals surface area contributed by atoms with Gasteiger partial charge < -0.3 is 5.32 Å². The molecule has 2 aliphatic rings. The zero-order valence-corrected chi connectivity index (χ0v) is 13.9. The highest BCUT2D eigenvalue weighted by molar-refractivity contribution is 8.00. The van der Waals surface area contributed by atoms with Crippen LogP contribution in [0.25, 0.3) is 0 Å². The number of hydrogen-bond donors (Lipinski definition) is 2. The number of fused-ring (bicyclic) bond motifs is 1. The first-order valence-corrected chi connectivity index (χ1v) is 9.08. The van der Waals surface area contributed by atoms with E-state index in [1.807, 2.05) is 13.0 Å². The van der Waals surface area contributed by atoms with Crippen LogP contribution in [0, 0.1) is 0 Å². The Morgan fingerprint density at radius 2 is 2.17 bits per heavy atom. The minimum Gasteiger partial charge on any atom is -0.325 e. The lowest BCUT2D eigenvalue weighted by atomic mass is 10.1. The van der Waals surface area contributed by atoms with E-state index < -0.39 is 0 Å². The second-order valence-corrected chi connectivity index (χ2v) is 7.67. The molecule has 0 spiro atoms. The van der Waals surface area contributed by atoms with Gasteiger partial charge in [0.1, 0.15) is 5.82 Å². The summed E-state index contributed by atoms with van der Waals surface area (Å²) in [5.41, 5.74) is 3.67. The van der Waals surface area contributed by atoms with Gasteiger partial charge in [-0.2, -0.15) is 0 Å². The molecule has 1 aromatic heterocycles. The summed E-state index contributed by atoms with van der Waals surface area (Å²) in [6.45, 7) is 1.89. The Balaban J connectivity index is 1.37. The third-order valence-electron chi connectivity index (χ3n) is 4.46. The fourth-order valence-corrected chi connectivity index (χ4v) is 3.69. The van der Waals surface area contributed by atoms with Crippen molar-refractivity contribution in [2.24, 2.45) is 0 Å². The van der Waals surface area contributed by atoms with E-state index in [0.717, 1.165) is 24.4 Å². The monoisotopic (exact) mass is 328 g/mol.